The summed E-state index contributed by atoms with van der Waals surface area (Å²) in [5.74, 6) is -2.24. The van der Waals surface area contributed by atoms with Crippen LogP contribution in [0.2, 0.25) is 0 Å². The number of hydrogen-bond acceptors (Lipinski definition) is 4. The topological polar surface area (TPSA) is 69.4 Å². The Labute approximate surface area is 163 Å². The van der Waals surface area contributed by atoms with Gasteiger partial charge in [0.2, 0.25) is 5.82 Å². The predicted octanol–water partition coefficient (Wildman–Crippen LogP) is 2.37. The molecular weight excluding hydrogens is 396 g/mol. The number of likely N-dealkylation sites (tertiary alicyclic amines) is 1. The lowest BCUT2D eigenvalue weighted by Crippen LogP contribution is -2.46. The highest BCUT2D eigenvalue weighted by Gasteiger charge is 2.39. The fourth-order valence-electron chi connectivity index (χ4n) is 3.31. The van der Waals surface area contributed by atoms with Gasteiger partial charge in [0.25, 0.3) is 5.91 Å². The average Bonchev–Trinajstić information content (AvgIpc) is 2.98. The quantitative estimate of drug-likeness (QED) is 0.718. The van der Waals surface area contributed by atoms with Crippen molar-refractivity contribution in [2.24, 2.45) is 7.05 Å². The van der Waals surface area contributed by atoms with Crippen LogP contribution in [-0.2, 0) is 18.0 Å². The van der Waals surface area contributed by atoms with Gasteiger partial charge < -0.3 is 9.64 Å². The van der Waals surface area contributed by atoms with Gasteiger partial charge in [-0.2, -0.15) is 13.2 Å². The minimum atomic E-state index is -4.73. The number of benzene rings is 1. The molecule has 2 aromatic rings. The minimum Gasteiger partial charge on any atom is -0.478 e. The van der Waals surface area contributed by atoms with Crippen LogP contribution in [0.1, 0.15) is 31.6 Å². The highest BCUT2D eigenvalue weighted by atomic mass is 19.4. The Bertz CT molecular complexity index is 945. The Morgan fingerprint density at radius 2 is 1.86 bits per heavy atom. The van der Waals surface area contributed by atoms with Crippen molar-refractivity contribution in [1.29, 1.82) is 0 Å². The van der Waals surface area contributed by atoms with Crippen molar-refractivity contribution in [2.75, 3.05) is 13.1 Å². The van der Waals surface area contributed by atoms with Gasteiger partial charge in [-0.1, -0.05) is 12.1 Å². The van der Waals surface area contributed by atoms with Gasteiger partial charge in [0.05, 0.1) is 6.04 Å². The molecule has 1 amide bonds. The van der Waals surface area contributed by atoms with Gasteiger partial charge in [-0.3, -0.25) is 9.36 Å². The fraction of sp³-hybridized carbons (Fsp3) is 0.500. The van der Waals surface area contributed by atoms with Crippen molar-refractivity contribution in [1.82, 2.24) is 19.2 Å². The summed E-state index contributed by atoms with van der Waals surface area (Å²) in [5.41, 5.74) is -0.849. The first-order chi connectivity index (χ1) is 13.6. The summed E-state index contributed by atoms with van der Waals surface area (Å²) in [7, 11) is 1.02. The summed E-state index contributed by atoms with van der Waals surface area (Å²) in [6, 6.07) is 5.18. The number of para-hydroxylation sites is 1. The van der Waals surface area contributed by atoms with E-state index < -0.39 is 35.7 Å². The van der Waals surface area contributed by atoms with Crippen molar-refractivity contribution >= 4 is 5.91 Å². The van der Waals surface area contributed by atoms with Gasteiger partial charge in [-0.15, -0.1) is 5.10 Å². The molecule has 1 atom stereocenters. The summed E-state index contributed by atoms with van der Waals surface area (Å²) >= 11 is 0. The molecule has 29 heavy (non-hydrogen) atoms. The largest absolute Gasteiger partial charge is 0.478 e. The Balaban J connectivity index is 1.64. The van der Waals surface area contributed by atoms with E-state index in [4.69, 9.17) is 4.74 Å². The summed E-state index contributed by atoms with van der Waals surface area (Å²) in [4.78, 5) is 26.2. The third-order valence-electron chi connectivity index (χ3n) is 4.87. The molecule has 0 bridgehead atoms. The van der Waals surface area contributed by atoms with Crippen molar-refractivity contribution in [3.05, 3.63) is 46.4 Å². The molecule has 1 aliphatic rings. The number of carbonyl (C=O) groups is 1. The second-order valence-corrected chi connectivity index (χ2v) is 6.85. The van der Waals surface area contributed by atoms with Crippen LogP contribution in [0.3, 0.4) is 0 Å². The second kappa shape index (κ2) is 7.88. The summed E-state index contributed by atoms with van der Waals surface area (Å²) in [5, 5.41) is 3.45. The van der Waals surface area contributed by atoms with E-state index in [1.807, 2.05) is 0 Å². The van der Waals surface area contributed by atoms with Gasteiger partial charge in [-0.25, -0.2) is 13.9 Å². The van der Waals surface area contributed by atoms with Crippen LogP contribution in [0.25, 0.3) is 0 Å². The monoisotopic (exact) mass is 416 g/mol. The SMILES string of the molecule is CC(Oc1ccccc1F)C(=O)N1CCC(n2nc(C(F)(F)F)n(C)c2=O)CC1. The van der Waals surface area contributed by atoms with Crippen LogP contribution in [0, 0.1) is 5.82 Å². The fourth-order valence-corrected chi connectivity index (χ4v) is 3.31. The molecule has 158 valence electrons. The second-order valence-electron chi connectivity index (χ2n) is 6.85. The number of rotatable bonds is 4. The summed E-state index contributed by atoms with van der Waals surface area (Å²) in [6.07, 6.45) is -5.12. The van der Waals surface area contributed by atoms with Gasteiger partial charge in [-0.05, 0) is 31.9 Å². The van der Waals surface area contributed by atoms with Gasteiger partial charge in [0, 0.05) is 20.1 Å². The van der Waals surface area contributed by atoms with Crippen LogP contribution in [0.5, 0.6) is 5.75 Å². The first-order valence-corrected chi connectivity index (χ1v) is 9.02. The van der Waals surface area contributed by atoms with Gasteiger partial charge in [0.15, 0.2) is 17.7 Å². The summed E-state index contributed by atoms with van der Waals surface area (Å²) < 4.78 is 59.2. The van der Waals surface area contributed by atoms with Crippen LogP contribution >= 0.6 is 0 Å². The first kappa shape index (κ1) is 20.9. The highest BCUT2D eigenvalue weighted by molar-refractivity contribution is 5.81. The average molecular weight is 416 g/mol. The number of nitrogens with zero attached hydrogens (tertiary/aromatic N) is 4. The number of ether oxygens (including phenoxy) is 1. The van der Waals surface area contributed by atoms with Crippen LogP contribution < -0.4 is 10.4 Å². The molecule has 1 unspecified atom stereocenters. The standard InChI is InChI=1S/C18H20F4N4O3/c1-11(29-14-6-4-3-5-13(14)19)15(27)25-9-7-12(8-10-25)26-17(28)24(2)16(23-26)18(20,21)22/h3-6,11-12H,7-10H2,1-2H3. The zero-order valence-electron chi connectivity index (χ0n) is 15.8. The van der Waals surface area contributed by atoms with E-state index in [9.17, 15) is 27.2 Å². The van der Waals surface area contributed by atoms with E-state index in [2.05, 4.69) is 5.10 Å². The van der Waals surface area contributed by atoms with E-state index in [0.717, 1.165) is 11.7 Å². The molecule has 0 spiro atoms. The van der Waals surface area contributed by atoms with Crippen molar-refractivity contribution in [3.63, 3.8) is 0 Å². The van der Waals surface area contributed by atoms with Crippen molar-refractivity contribution in [2.45, 2.75) is 38.1 Å². The van der Waals surface area contributed by atoms with Crippen molar-refractivity contribution in [3.8, 4) is 5.75 Å². The first-order valence-electron chi connectivity index (χ1n) is 9.02. The highest BCUT2D eigenvalue weighted by Crippen LogP contribution is 2.28. The molecule has 1 fully saturated rings. The maximum Gasteiger partial charge on any atom is 0.451 e. The van der Waals surface area contributed by atoms with Crippen LogP contribution in [-0.4, -0.2) is 44.3 Å². The van der Waals surface area contributed by atoms with E-state index in [0.29, 0.717) is 4.57 Å². The summed E-state index contributed by atoms with van der Waals surface area (Å²) in [6.45, 7) is 1.94. The van der Waals surface area contributed by atoms with E-state index >= 15 is 0 Å². The molecule has 11 heteroatoms. The lowest BCUT2D eigenvalue weighted by Gasteiger charge is -2.33. The molecular formula is C18H20F4N4O3. The Kier molecular flexibility index (Phi) is 5.67. The zero-order valence-corrected chi connectivity index (χ0v) is 15.8. The predicted molar refractivity (Wildman–Crippen MR) is 93.8 cm³/mol. The molecule has 0 saturated carbocycles. The number of aromatic nitrogens is 3. The molecule has 1 aromatic carbocycles. The lowest BCUT2D eigenvalue weighted by atomic mass is 10.0. The van der Waals surface area contributed by atoms with E-state index in [1.165, 1.54) is 30.0 Å². The molecule has 0 N–H and O–H groups in total. The number of hydrogen-bond donors (Lipinski definition) is 0. The van der Waals surface area contributed by atoms with Crippen molar-refractivity contribution < 1.29 is 27.1 Å². The van der Waals surface area contributed by atoms with E-state index in [-0.39, 0.29) is 37.6 Å². The normalized spacial score (nSPS) is 16.7. The molecule has 7 nitrogen and oxygen atoms in total. The Morgan fingerprint density at radius 1 is 1.24 bits per heavy atom. The molecule has 3 rings (SSSR count). The maximum absolute atomic E-state index is 13.7. The third kappa shape index (κ3) is 4.28. The molecule has 0 aliphatic carbocycles. The van der Waals surface area contributed by atoms with Crippen LogP contribution in [0.15, 0.2) is 29.1 Å². The van der Waals surface area contributed by atoms with Crippen LogP contribution in [0.4, 0.5) is 17.6 Å². The Hall–Kier alpha value is -2.85. The number of piperidine rings is 1. The lowest BCUT2D eigenvalue weighted by molar-refractivity contribution is -0.147. The van der Waals surface area contributed by atoms with E-state index in [1.54, 1.807) is 6.07 Å². The Morgan fingerprint density at radius 3 is 2.41 bits per heavy atom. The maximum atomic E-state index is 13.7. The zero-order chi connectivity index (χ0) is 21.3. The molecule has 1 aromatic heterocycles. The molecule has 2 heterocycles. The molecule has 0 radical (unpaired) electrons. The van der Waals surface area contributed by atoms with Gasteiger partial charge >= 0.3 is 11.9 Å². The molecule has 1 aliphatic heterocycles. The number of carbonyl (C=O) groups excluding carboxylic acids is 1. The van der Waals surface area contributed by atoms with Gasteiger partial charge in [0.1, 0.15) is 0 Å². The number of alkyl halides is 3. The number of halogens is 4. The number of amides is 1. The minimum absolute atomic E-state index is 0.0389. The molecule has 1 saturated heterocycles. The third-order valence-corrected chi connectivity index (χ3v) is 4.87. The smallest absolute Gasteiger partial charge is 0.451 e.